The highest BCUT2D eigenvalue weighted by molar-refractivity contribution is 6.05. The number of Topliss-reactive ketones (excluding diaryl/α,β-unsaturated/α-hetero) is 1. The van der Waals surface area contributed by atoms with Crippen molar-refractivity contribution < 1.29 is 9.53 Å². The van der Waals surface area contributed by atoms with Gasteiger partial charge in [0.25, 0.3) is 0 Å². The molecule has 182 valence electrons. The predicted octanol–water partition coefficient (Wildman–Crippen LogP) is 4.30. The summed E-state index contributed by atoms with van der Waals surface area (Å²) in [6, 6.07) is 4.56. The highest BCUT2D eigenvalue weighted by atomic mass is 16.5. The molecule has 2 fully saturated rings. The van der Waals surface area contributed by atoms with Gasteiger partial charge in [-0.1, -0.05) is 13.8 Å². The van der Waals surface area contributed by atoms with Crippen molar-refractivity contribution in [1.82, 2.24) is 24.6 Å². The van der Waals surface area contributed by atoms with E-state index in [0.717, 1.165) is 56.7 Å². The largest absolute Gasteiger partial charge is 0.474 e. The average Bonchev–Trinajstić information content (AvgIpc) is 3.39. The van der Waals surface area contributed by atoms with E-state index in [1.54, 1.807) is 4.68 Å². The van der Waals surface area contributed by atoms with E-state index in [0.29, 0.717) is 29.6 Å². The molecule has 2 aliphatic rings. The van der Waals surface area contributed by atoms with Crippen molar-refractivity contribution in [2.24, 2.45) is 13.0 Å². The van der Waals surface area contributed by atoms with Crippen molar-refractivity contribution in [3.63, 3.8) is 0 Å². The monoisotopic (exact) mass is 455 g/mol. The first-order valence-corrected chi connectivity index (χ1v) is 13.0. The minimum absolute atomic E-state index is 0.139. The van der Waals surface area contributed by atoms with Gasteiger partial charge in [-0.2, -0.15) is 10.1 Å². The summed E-state index contributed by atoms with van der Waals surface area (Å²) in [6.45, 7) is 12.4. The van der Waals surface area contributed by atoms with Crippen LogP contribution in [0.25, 0.3) is 11.0 Å². The molecule has 7 heteroatoms. The number of hydrogen-bond acceptors (Lipinski definition) is 6. The number of likely N-dealkylation sites (tertiary alicyclic amines) is 2. The quantitative estimate of drug-likeness (QED) is 0.498. The van der Waals surface area contributed by atoms with E-state index in [2.05, 4.69) is 40.7 Å². The molecule has 0 saturated carbocycles. The van der Waals surface area contributed by atoms with E-state index in [-0.39, 0.29) is 11.9 Å². The van der Waals surface area contributed by atoms with Crippen LogP contribution in [0.5, 0.6) is 5.88 Å². The molecule has 33 heavy (non-hydrogen) atoms. The predicted molar refractivity (Wildman–Crippen MR) is 132 cm³/mol. The minimum Gasteiger partial charge on any atom is -0.474 e. The Hall–Kier alpha value is -1.99. The number of carbonyl (C=O) groups excluding carboxylic acids is 1. The first-order valence-electron chi connectivity index (χ1n) is 13.0. The van der Waals surface area contributed by atoms with Crippen LogP contribution >= 0.6 is 0 Å². The number of ketones is 1. The first kappa shape index (κ1) is 24.1. The van der Waals surface area contributed by atoms with Crippen LogP contribution in [0, 0.1) is 5.92 Å². The van der Waals surface area contributed by atoms with Crippen molar-refractivity contribution in [3.8, 4) is 5.88 Å². The molecule has 0 N–H and O–H groups in total. The molecule has 1 atom stereocenters. The minimum atomic E-state index is 0.139. The molecule has 0 radical (unpaired) electrons. The third kappa shape index (κ3) is 5.75. The molecule has 0 aliphatic carbocycles. The van der Waals surface area contributed by atoms with Crippen LogP contribution in [0.4, 0.5) is 0 Å². The Morgan fingerprint density at radius 2 is 1.88 bits per heavy atom. The van der Waals surface area contributed by atoms with Gasteiger partial charge in [0.15, 0.2) is 11.4 Å². The van der Waals surface area contributed by atoms with Gasteiger partial charge in [0.1, 0.15) is 5.69 Å². The summed E-state index contributed by atoms with van der Waals surface area (Å²) in [5.41, 5.74) is 1.27. The summed E-state index contributed by atoms with van der Waals surface area (Å²) in [5, 5.41) is 5.37. The van der Waals surface area contributed by atoms with Crippen LogP contribution in [-0.4, -0.2) is 75.2 Å². The molecule has 2 saturated heterocycles. The van der Waals surface area contributed by atoms with E-state index in [1.807, 2.05) is 19.2 Å². The van der Waals surface area contributed by atoms with Crippen molar-refractivity contribution in [3.05, 3.63) is 17.8 Å². The fraction of sp³-hybridized carbons (Fsp3) is 0.731. The number of hydrogen-bond donors (Lipinski definition) is 0. The molecule has 0 spiro atoms. The highest BCUT2D eigenvalue weighted by Gasteiger charge is 2.26. The fourth-order valence-electron chi connectivity index (χ4n) is 5.38. The Morgan fingerprint density at radius 3 is 2.55 bits per heavy atom. The third-order valence-corrected chi connectivity index (χ3v) is 7.70. The maximum atomic E-state index is 13.2. The number of pyridine rings is 1. The zero-order valence-electron chi connectivity index (χ0n) is 20.9. The van der Waals surface area contributed by atoms with Gasteiger partial charge in [-0.3, -0.25) is 9.69 Å². The molecule has 0 bridgehead atoms. The molecule has 2 aromatic heterocycles. The highest BCUT2D eigenvalue weighted by Crippen LogP contribution is 2.26. The summed E-state index contributed by atoms with van der Waals surface area (Å²) in [4.78, 5) is 23.0. The second kappa shape index (κ2) is 11.0. The second-order valence-electron chi connectivity index (χ2n) is 9.99. The standard InChI is InChI=1S/C26H41N5O2/c1-5-21(6-2)33-24-10-9-22-25(28-29(4)26(22)27-24)23(32)18-20-11-14-30(15-12-20)16-17-31-13-7-8-19(31)3/h9-10,19-21H,5-8,11-18H2,1-4H3/t19-/m1/s1. The molecule has 2 aromatic rings. The molecule has 4 heterocycles. The first-order chi connectivity index (χ1) is 16.0. The van der Waals surface area contributed by atoms with Crippen molar-refractivity contribution in [1.29, 1.82) is 0 Å². The topological polar surface area (TPSA) is 63.5 Å². The van der Waals surface area contributed by atoms with Gasteiger partial charge < -0.3 is 9.64 Å². The number of rotatable bonds is 10. The number of ether oxygens (including phenoxy) is 1. The Kier molecular flexibility index (Phi) is 8.02. The van der Waals surface area contributed by atoms with Gasteiger partial charge in [0.05, 0.1) is 11.5 Å². The number of piperidine rings is 1. The van der Waals surface area contributed by atoms with Gasteiger partial charge in [-0.15, -0.1) is 0 Å². The molecule has 0 amide bonds. The van der Waals surface area contributed by atoms with E-state index in [1.165, 1.54) is 25.9 Å². The van der Waals surface area contributed by atoms with Crippen LogP contribution in [0.15, 0.2) is 12.1 Å². The number of carbonyl (C=O) groups is 1. The van der Waals surface area contributed by atoms with Gasteiger partial charge in [-0.05, 0) is 77.1 Å². The molecule has 4 rings (SSSR count). The SMILES string of the molecule is CCC(CC)Oc1ccc2c(C(=O)CC3CCN(CCN4CCC[C@H]4C)CC3)nn(C)c2n1. The second-order valence-corrected chi connectivity index (χ2v) is 9.99. The molecule has 0 unspecified atom stereocenters. The number of fused-ring (bicyclic) bond motifs is 1. The molecule has 7 nitrogen and oxygen atoms in total. The fourth-order valence-corrected chi connectivity index (χ4v) is 5.38. The van der Waals surface area contributed by atoms with E-state index in [9.17, 15) is 4.79 Å². The molecular weight excluding hydrogens is 414 g/mol. The zero-order chi connectivity index (χ0) is 23.4. The van der Waals surface area contributed by atoms with Crippen molar-refractivity contribution in [2.75, 3.05) is 32.7 Å². The maximum Gasteiger partial charge on any atom is 0.215 e. The lowest BCUT2D eigenvalue weighted by atomic mass is 9.90. The van der Waals surface area contributed by atoms with Gasteiger partial charge in [0.2, 0.25) is 5.88 Å². The van der Waals surface area contributed by atoms with Crippen LogP contribution in [0.2, 0.25) is 0 Å². The number of aryl methyl sites for hydroxylation is 1. The Bertz CT molecular complexity index is 930. The Labute approximate surface area is 198 Å². The normalized spacial score (nSPS) is 20.8. The van der Waals surface area contributed by atoms with Gasteiger partial charge in [0, 0.05) is 38.7 Å². The lowest BCUT2D eigenvalue weighted by Crippen LogP contribution is -2.40. The lowest BCUT2D eigenvalue weighted by molar-refractivity contribution is 0.0916. The van der Waals surface area contributed by atoms with E-state index < -0.39 is 0 Å². The summed E-state index contributed by atoms with van der Waals surface area (Å²) in [7, 11) is 1.85. The summed E-state index contributed by atoms with van der Waals surface area (Å²) < 4.78 is 7.70. The maximum absolute atomic E-state index is 13.2. The average molecular weight is 456 g/mol. The van der Waals surface area contributed by atoms with Crippen LogP contribution in [0.1, 0.15) is 76.2 Å². The summed E-state index contributed by atoms with van der Waals surface area (Å²) in [6.07, 6.45) is 7.51. The van der Waals surface area contributed by atoms with E-state index >= 15 is 0 Å². The zero-order valence-corrected chi connectivity index (χ0v) is 20.9. The smallest absolute Gasteiger partial charge is 0.215 e. The third-order valence-electron chi connectivity index (χ3n) is 7.70. The number of nitrogens with zero attached hydrogens (tertiary/aromatic N) is 5. The lowest BCUT2D eigenvalue weighted by Gasteiger charge is -2.33. The summed E-state index contributed by atoms with van der Waals surface area (Å²) >= 11 is 0. The van der Waals surface area contributed by atoms with Gasteiger partial charge in [-0.25, -0.2) is 4.68 Å². The van der Waals surface area contributed by atoms with Crippen molar-refractivity contribution in [2.45, 2.75) is 77.9 Å². The Balaban J connectivity index is 1.31. The van der Waals surface area contributed by atoms with Gasteiger partial charge >= 0.3 is 0 Å². The van der Waals surface area contributed by atoms with Crippen LogP contribution < -0.4 is 4.74 Å². The van der Waals surface area contributed by atoms with Crippen LogP contribution in [-0.2, 0) is 7.05 Å². The summed E-state index contributed by atoms with van der Waals surface area (Å²) in [5.74, 6) is 1.19. The molecule has 0 aromatic carbocycles. The van der Waals surface area contributed by atoms with Crippen LogP contribution in [0.3, 0.4) is 0 Å². The molecular formula is C26H41N5O2. The van der Waals surface area contributed by atoms with E-state index in [4.69, 9.17) is 4.74 Å². The number of aromatic nitrogens is 3. The Morgan fingerprint density at radius 1 is 1.12 bits per heavy atom. The van der Waals surface area contributed by atoms with Crippen molar-refractivity contribution >= 4 is 16.8 Å². The molecule has 2 aliphatic heterocycles.